The molecule has 1 saturated carbocycles. The number of rotatable bonds is 2. The Morgan fingerprint density at radius 2 is 1.68 bits per heavy atom. The molecule has 0 aromatic carbocycles. The highest BCUT2D eigenvalue weighted by atomic mass is 16.4. The Kier molecular flexibility index (Phi) is 4.14. The maximum Gasteiger partial charge on any atom is 0.407 e. The average Bonchev–Trinajstić information content (AvgIpc) is 2.37. The number of nitrogens with zero attached hydrogens (tertiary/aromatic N) is 2. The van der Waals surface area contributed by atoms with E-state index in [1.54, 1.807) is 0 Å². The molecule has 7 nitrogen and oxygen atoms in total. The van der Waals surface area contributed by atoms with Gasteiger partial charge in [-0.3, -0.25) is 4.90 Å². The second kappa shape index (κ2) is 5.64. The van der Waals surface area contributed by atoms with Gasteiger partial charge in [-0.15, -0.1) is 0 Å². The summed E-state index contributed by atoms with van der Waals surface area (Å²) in [5.74, 6) is 0. The largest absolute Gasteiger partial charge is 0.465 e. The molecule has 1 saturated heterocycles. The van der Waals surface area contributed by atoms with E-state index in [1.807, 2.05) is 0 Å². The van der Waals surface area contributed by atoms with Crippen LogP contribution in [0.1, 0.15) is 32.1 Å². The highest BCUT2D eigenvalue weighted by molar-refractivity contribution is 5.69. The Hall–Kier alpha value is -1.50. The van der Waals surface area contributed by atoms with E-state index in [1.165, 1.54) is 9.80 Å². The van der Waals surface area contributed by atoms with Crippen LogP contribution in [0.5, 0.6) is 0 Å². The lowest BCUT2D eigenvalue weighted by atomic mass is 9.84. The number of carbonyl (C=O) groups is 2. The number of piperazine rings is 1. The minimum absolute atomic E-state index is 0.140. The van der Waals surface area contributed by atoms with Gasteiger partial charge in [0, 0.05) is 13.2 Å². The van der Waals surface area contributed by atoms with Gasteiger partial charge in [-0.2, -0.15) is 0 Å². The van der Waals surface area contributed by atoms with Gasteiger partial charge in [-0.1, -0.05) is 12.8 Å². The number of aliphatic hydroxyl groups is 1. The lowest BCUT2D eigenvalue weighted by molar-refractivity contribution is -0.0267. The fourth-order valence-electron chi connectivity index (χ4n) is 3.40. The van der Waals surface area contributed by atoms with Gasteiger partial charge < -0.3 is 20.2 Å². The molecule has 0 bridgehead atoms. The smallest absolute Gasteiger partial charge is 0.407 e. The van der Waals surface area contributed by atoms with Crippen molar-refractivity contribution in [1.29, 1.82) is 0 Å². The molecule has 0 aromatic rings. The van der Waals surface area contributed by atoms with Crippen LogP contribution >= 0.6 is 0 Å². The highest BCUT2D eigenvalue weighted by Gasteiger charge is 2.46. The molecule has 2 fully saturated rings. The van der Waals surface area contributed by atoms with E-state index in [9.17, 15) is 19.8 Å². The molecule has 2 amide bonds. The molecule has 1 aliphatic heterocycles. The number of carboxylic acid groups (broad SMARTS) is 2. The zero-order valence-corrected chi connectivity index (χ0v) is 10.7. The van der Waals surface area contributed by atoms with E-state index in [2.05, 4.69) is 0 Å². The Balaban J connectivity index is 2.26. The quantitative estimate of drug-likeness (QED) is 0.696. The van der Waals surface area contributed by atoms with Crippen molar-refractivity contribution in [3.05, 3.63) is 0 Å². The molecule has 2 rings (SSSR count). The number of aliphatic hydroxyl groups excluding tert-OH is 1. The second-order valence-electron chi connectivity index (χ2n) is 5.21. The first-order valence-corrected chi connectivity index (χ1v) is 6.68. The average molecular weight is 272 g/mol. The van der Waals surface area contributed by atoms with Crippen LogP contribution in [-0.2, 0) is 0 Å². The fraction of sp³-hybridized carbons (Fsp3) is 0.833. The van der Waals surface area contributed by atoms with Crippen molar-refractivity contribution in [3.8, 4) is 0 Å². The SMILES string of the molecule is O=C(O)N1CC(CCO)N(C(=O)O)[C@H]2CCCCC21. The zero-order chi connectivity index (χ0) is 14.0. The van der Waals surface area contributed by atoms with Crippen molar-refractivity contribution in [1.82, 2.24) is 9.80 Å². The third-order valence-corrected chi connectivity index (χ3v) is 4.18. The topological polar surface area (TPSA) is 101 Å². The van der Waals surface area contributed by atoms with Gasteiger partial charge >= 0.3 is 12.2 Å². The monoisotopic (exact) mass is 272 g/mol. The summed E-state index contributed by atoms with van der Waals surface area (Å²) in [6.45, 7) is 0.0165. The van der Waals surface area contributed by atoms with E-state index < -0.39 is 18.2 Å². The van der Waals surface area contributed by atoms with E-state index in [-0.39, 0.29) is 31.7 Å². The first kappa shape index (κ1) is 13.9. The third-order valence-electron chi connectivity index (χ3n) is 4.18. The second-order valence-corrected chi connectivity index (χ2v) is 5.21. The molecule has 0 spiro atoms. The molecule has 19 heavy (non-hydrogen) atoms. The van der Waals surface area contributed by atoms with Crippen LogP contribution < -0.4 is 0 Å². The van der Waals surface area contributed by atoms with Gasteiger partial charge in [-0.25, -0.2) is 9.59 Å². The summed E-state index contributed by atoms with van der Waals surface area (Å²) in [6, 6.07) is -0.956. The molecule has 0 radical (unpaired) electrons. The summed E-state index contributed by atoms with van der Waals surface area (Å²) >= 11 is 0. The van der Waals surface area contributed by atoms with Gasteiger partial charge in [-0.05, 0) is 19.3 Å². The molecule has 1 heterocycles. The van der Waals surface area contributed by atoms with Crippen molar-refractivity contribution in [2.45, 2.75) is 50.2 Å². The summed E-state index contributed by atoms with van der Waals surface area (Å²) in [7, 11) is 0. The summed E-state index contributed by atoms with van der Waals surface area (Å²) < 4.78 is 0. The number of hydrogen-bond donors (Lipinski definition) is 3. The normalized spacial score (nSPS) is 30.9. The van der Waals surface area contributed by atoms with E-state index in [0.29, 0.717) is 12.8 Å². The van der Waals surface area contributed by atoms with Crippen molar-refractivity contribution in [3.63, 3.8) is 0 Å². The van der Waals surface area contributed by atoms with Crippen LogP contribution in [0.3, 0.4) is 0 Å². The molecule has 108 valence electrons. The number of hydrogen-bond acceptors (Lipinski definition) is 3. The lowest BCUT2D eigenvalue weighted by Gasteiger charge is -2.51. The van der Waals surface area contributed by atoms with Crippen LogP contribution in [0.2, 0.25) is 0 Å². The van der Waals surface area contributed by atoms with Gasteiger partial charge in [0.15, 0.2) is 0 Å². The minimum atomic E-state index is -1.01. The van der Waals surface area contributed by atoms with Crippen molar-refractivity contribution in [2.75, 3.05) is 13.2 Å². The number of amides is 2. The van der Waals surface area contributed by atoms with Gasteiger partial charge in [0.05, 0.1) is 18.1 Å². The molecule has 1 aliphatic carbocycles. The summed E-state index contributed by atoms with van der Waals surface area (Å²) in [5, 5.41) is 27.7. The first-order valence-electron chi connectivity index (χ1n) is 6.68. The van der Waals surface area contributed by atoms with Crippen LogP contribution in [0.25, 0.3) is 0 Å². The Bertz CT molecular complexity index is 362. The Labute approximate surface area is 111 Å². The van der Waals surface area contributed by atoms with E-state index >= 15 is 0 Å². The van der Waals surface area contributed by atoms with Crippen molar-refractivity contribution in [2.24, 2.45) is 0 Å². The summed E-state index contributed by atoms with van der Waals surface area (Å²) in [6.07, 6.45) is 1.53. The molecule has 7 heteroatoms. The standard InChI is InChI=1S/C12H20N2O5/c15-6-5-8-7-13(11(16)17)9-3-1-2-4-10(9)14(8)12(18)19/h8-10,15H,1-7H2,(H,16,17)(H,18,19)/t8?,9?,10-/m0/s1. The zero-order valence-electron chi connectivity index (χ0n) is 10.7. The number of fused-ring (bicyclic) bond motifs is 1. The molecule has 3 N–H and O–H groups in total. The first-order chi connectivity index (χ1) is 9.06. The van der Waals surface area contributed by atoms with Gasteiger partial charge in [0.1, 0.15) is 0 Å². The third kappa shape index (κ3) is 2.60. The van der Waals surface area contributed by atoms with Crippen molar-refractivity contribution < 1.29 is 24.9 Å². The molecule has 0 aromatic heterocycles. The van der Waals surface area contributed by atoms with Crippen LogP contribution in [0.15, 0.2) is 0 Å². The van der Waals surface area contributed by atoms with Crippen LogP contribution in [-0.4, -0.2) is 68.6 Å². The Morgan fingerprint density at radius 3 is 2.21 bits per heavy atom. The molecule has 3 atom stereocenters. The lowest BCUT2D eigenvalue weighted by Crippen LogP contribution is -2.67. The summed E-state index contributed by atoms with van der Waals surface area (Å²) in [5.41, 5.74) is 0. The highest BCUT2D eigenvalue weighted by Crippen LogP contribution is 2.33. The summed E-state index contributed by atoms with van der Waals surface area (Å²) in [4.78, 5) is 25.5. The molecular formula is C12H20N2O5. The van der Waals surface area contributed by atoms with Crippen LogP contribution in [0.4, 0.5) is 9.59 Å². The predicted octanol–water partition coefficient (Wildman–Crippen LogP) is 1.02. The fourth-order valence-corrected chi connectivity index (χ4v) is 3.40. The maximum atomic E-state index is 11.4. The van der Waals surface area contributed by atoms with E-state index in [4.69, 9.17) is 5.11 Å². The minimum Gasteiger partial charge on any atom is -0.465 e. The van der Waals surface area contributed by atoms with Gasteiger partial charge in [0.2, 0.25) is 0 Å². The Morgan fingerprint density at radius 1 is 1.05 bits per heavy atom. The molecule has 2 unspecified atom stereocenters. The van der Waals surface area contributed by atoms with Crippen molar-refractivity contribution >= 4 is 12.2 Å². The van der Waals surface area contributed by atoms with Crippen LogP contribution in [0, 0.1) is 0 Å². The molecular weight excluding hydrogens is 252 g/mol. The van der Waals surface area contributed by atoms with Gasteiger partial charge in [0.25, 0.3) is 0 Å². The molecule has 2 aliphatic rings. The van der Waals surface area contributed by atoms with E-state index in [0.717, 1.165) is 12.8 Å². The predicted molar refractivity (Wildman–Crippen MR) is 66.1 cm³/mol. The maximum absolute atomic E-state index is 11.4.